The SMILES string of the molecule is Cc1nc2sccn2c1C(=O)N/N=C\c1cc(C)n(-c2cc(Cl)ccc2Cl)c1C. The number of hydrazone groups is 1. The lowest BCUT2D eigenvalue weighted by Gasteiger charge is -2.12. The first kappa shape index (κ1) is 19.7. The monoisotopic (exact) mass is 445 g/mol. The summed E-state index contributed by atoms with van der Waals surface area (Å²) in [6.07, 6.45) is 3.44. The summed E-state index contributed by atoms with van der Waals surface area (Å²) in [5, 5.41) is 7.24. The number of imidazole rings is 1. The summed E-state index contributed by atoms with van der Waals surface area (Å²) in [6, 6.07) is 7.32. The van der Waals surface area contributed by atoms with Crippen LogP contribution in [0.3, 0.4) is 0 Å². The van der Waals surface area contributed by atoms with E-state index in [2.05, 4.69) is 15.5 Å². The lowest BCUT2D eigenvalue weighted by molar-refractivity contribution is 0.0948. The quantitative estimate of drug-likeness (QED) is 0.347. The van der Waals surface area contributed by atoms with Crippen LogP contribution in [0.2, 0.25) is 10.0 Å². The Balaban J connectivity index is 1.60. The second-order valence-corrected chi connectivity index (χ2v) is 8.27. The molecule has 6 nitrogen and oxygen atoms in total. The van der Waals surface area contributed by atoms with Gasteiger partial charge >= 0.3 is 0 Å². The van der Waals surface area contributed by atoms with E-state index in [4.69, 9.17) is 23.2 Å². The summed E-state index contributed by atoms with van der Waals surface area (Å²) in [7, 11) is 0. The number of carbonyl (C=O) groups excluding carboxylic acids is 1. The van der Waals surface area contributed by atoms with E-state index in [0.717, 1.165) is 27.6 Å². The fourth-order valence-corrected chi connectivity index (χ4v) is 4.46. The van der Waals surface area contributed by atoms with Gasteiger partial charge in [0, 0.05) is 33.6 Å². The Bertz CT molecular complexity index is 1270. The Morgan fingerprint density at radius 2 is 2.03 bits per heavy atom. The van der Waals surface area contributed by atoms with Gasteiger partial charge in [0.15, 0.2) is 4.96 Å². The molecule has 148 valence electrons. The Morgan fingerprint density at radius 3 is 2.83 bits per heavy atom. The van der Waals surface area contributed by atoms with Gasteiger partial charge in [-0.2, -0.15) is 5.10 Å². The predicted octanol–water partition coefficient (Wildman–Crippen LogP) is 5.18. The van der Waals surface area contributed by atoms with Crippen LogP contribution >= 0.6 is 34.5 Å². The van der Waals surface area contributed by atoms with Gasteiger partial charge in [-0.05, 0) is 45.0 Å². The summed E-state index contributed by atoms with van der Waals surface area (Å²) in [5.41, 5.74) is 7.31. The van der Waals surface area contributed by atoms with Crippen molar-refractivity contribution in [2.75, 3.05) is 0 Å². The topological polar surface area (TPSA) is 63.7 Å². The van der Waals surface area contributed by atoms with Crippen LogP contribution in [0.1, 0.15) is 33.1 Å². The maximum absolute atomic E-state index is 12.6. The Hall–Kier alpha value is -2.61. The van der Waals surface area contributed by atoms with Crippen LogP contribution in [0.4, 0.5) is 0 Å². The van der Waals surface area contributed by atoms with E-state index < -0.39 is 0 Å². The highest BCUT2D eigenvalue weighted by Gasteiger charge is 2.17. The third-order valence-corrected chi connectivity index (χ3v) is 5.95. The fraction of sp³-hybridized carbons (Fsp3) is 0.150. The molecule has 29 heavy (non-hydrogen) atoms. The number of benzene rings is 1. The molecule has 1 aromatic carbocycles. The molecule has 4 rings (SSSR count). The average Bonchev–Trinajstić information content (AvgIpc) is 3.30. The highest BCUT2D eigenvalue weighted by molar-refractivity contribution is 7.15. The standard InChI is InChI=1S/C20H17Cl2N5OS/c1-11-8-14(13(3)27(11)17-9-15(21)4-5-16(17)22)10-23-25-19(28)18-12(2)24-20-26(18)6-7-29-20/h4-10H,1-3H3,(H,25,28)/b23-10-. The molecular formula is C20H17Cl2N5OS. The lowest BCUT2D eigenvalue weighted by atomic mass is 10.2. The molecule has 4 aromatic rings. The van der Waals surface area contributed by atoms with Crippen molar-refractivity contribution < 1.29 is 4.79 Å². The zero-order chi connectivity index (χ0) is 20.7. The highest BCUT2D eigenvalue weighted by Crippen LogP contribution is 2.28. The maximum Gasteiger partial charge on any atom is 0.290 e. The minimum absolute atomic E-state index is 0.309. The molecule has 0 radical (unpaired) electrons. The first-order chi connectivity index (χ1) is 13.9. The molecule has 0 aliphatic heterocycles. The average molecular weight is 446 g/mol. The molecule has 0 saturated carbocycles. The van der Waals surface area contributed by atoms with Gasteiger partial charge in [-0.15, -0.1) is 11.3 Å². The van der Waals surface area contributed by atoms with Gasteiger partial charge in [-0.3, -0.25) is 9.20 Å². The molecule has 0 atom stereocenters. The van der Waals surface area contributed by atoms with Crippen molar-refractivity contribution in [2.45, 2.75) is 20.8 Å². The Kier molecular flexibility index (Phi) is 5.21. The number of rotatable bonds is 4. The molecule has 3 aromatic heterocycles. The second-order valence-electron chi connectivity index (χ2n) is 6.56. The second kappa shape index (κ2) is 7.67. The number of fused-ring (bicyclic) bond motifs is 1. The van der Waals surface area contributed by atoms with E-state index in [1.165, 1.54) is 11.3 Å². The molecule has 0 aliphatic rings. The number of carbonyl (C=O) groups is 1. The molecule has 1 amide bonds. The number of thiazole rings is 1. The van der Waals surface area contributed by atoms with E-state index in [0.29, 0.717) is 21.4 Å². The van der Waals surface area contributed by atoms with Gasteiger partial charge in [0.2, 0.25) is 0 Å². The third-order valence-electron chi connectivity index (χ3n) is 4.64. The third kappa shape index (κ3) is 3.57. The van der Waals surface area contributed by atoms with Crippen molar-refractivity contribution >= 4 is 51.6 Å². The van der Waals surface area contributed by atoms with Gasteiger partial charge in [-0.1, -0.05) is 23.2 Å². The zero-order valence-corrected chi connectivity index (χ0v) is 18.2. The normalized spacial score (nSPS) is 11.6. The van der Waals surface area contributed by atoms with E-state index in [1.54, 1.807) is 29.7 Å². The van der Waals surface area contributed by atoms with E-state index in [-0.39, 0.29) is 5.91 Å². The molecule has 0 spiro atoms. The molecule has 0 aliphatic carbocycles. The van der Waals surface area contributed by atoms with Crippen molar-refractivity contribution in [1.29, 1.82) is 0 Å². The van der Waals surface area contributed by atoms with Crippen molar-refractivity contribution in [1.82, 2.24) is 19.4 Å². The largest absolute Gasteiger partial charge is 0.316 e. The molecular weight excluding hydrogens is 429 g/mol. The zero-order valence-electron chi connectivity index (χ0n) is 15.9. The van der Waals surface area contributed by atoms with Gasteiger partial charge in [0.05, 0.1) is 22.6 Å². The first-order valence-corrected chi connectivity index (χ1v) is 10.4. The van der Waals surface area contributed by atoms with Gasteiger partial charge in [0.25, 0.3) is 5.91 Å². The minimum atomic E-state index is -0.309. The molecule has 0 bridgehead atoms. The van der Waals surface area contributed by atoms with Gasteiger partial charge in [-0.25, -0.2) is 10.4 Å². The van der Waals surface area contributed by atoms with E-state index >= 15 is 0 Å². The van der Waals surface area contributed by atoms with Crippen LogP contribution in [0, 0.1) is 20.8 Å². The number of nitrogens with zero attached hydrogens (tertiary/aromatic N) is 4. The molecule has 9 heteroatoms. The van der Waals surface area contributed by atoms with Gasteiger partial charge < -0.3 is 4.57 Å². The summed E-state index contributed by atoms with van der Waals surface area (Å²) in [6.45, 7) is 5.74. The number of hydrogen-bond acceptors (Lipinski definition) is 4. The summed E-state index contributed by atoms with van der Waals surface area (Å²) >= 11 is 14.0. The van der Waals surface area contributed by atoms with Crippen LogP contribution in [0.5, 0.6) is 0 Å². The highest BCUT2D eigenvalue weighted by atomic mass is 35.5. The van der Waals surface area contributed by atoms with Crippen molar-refractivity contribution in [3.8, 4) is 5.69 Å². The van der Waals surface area contributed by atoms with Crippen LogP contribution in [0.15, 0.2) is 40.9 Å². The molecule has 0 fully saturated rings. The maximum atomic E-state index is 12.6. The van der Waals surface area contributed by atoms with E-state index in [9.17, 15) is 4.79 Å². The summed E-state index contributed by atoms with van der Waals surface area (Å²) < 4.78 is 3.77. The van der Waals surface area contributed by atoms with Crippen LogP contribution in [-0.2, 0) is 0 Å². The minimum Gasteiger partial charge on any atom is -0.316 e. The number of halogens is 2. The van der Waals surface area contributed by atoms with Crippen molar-refractivity contribution in [2.24, 2.45) is 5.10 Å². The molecule has 3 heterocycles. The van der Waals surface area contributed by atoms with Crippen molar-refractivity contribution in [3.05, 3.63) is 74.2 Å². The smallest absolute Gasteiger partial charge is 0.290 e. The Morgan fingerprint density at radius 1 is 1.24 bits per heavy atom. The fourth-order valence-electron chi connectivity index (χ4n) is 3.33. The lowest BCUT2D eigenvalue weighted by Crippen LogP contribution is -2.20. The number of amides is 1. The number of nitrogens with one attached hydrogen (secondary N) is 1. The van der Waals surface area contributed by atoms with Crippen LogP contribution in [0.25, 0.3) is 10.6 Å². The number of aromatic nitrogens is 3. The molecule has 1 N–H and O–H groups in total. The number of aryl methyl sites for hydroxylation is 2. The molecule has 0 saturated heterocycles. The summed E-state index contributed by atoms with van der Waals surface area (Å²) in [4.78, 5) is 17.7. The van der Waals surface area contributed by atoms with Crippen LogP contribution < -0.4 is 5.43 Å². The summed E-state index contributed by atoms with van der Waals surface area (Å²) in [5.74, 6) is -0.309. The number of hydrogen-bond donors (Lipinski definition) is 1. The van der Waals surface area contributed by atoms with Crippen LogP contribution in [-0.4, -0.2) is 26.1 Å². The van der Waals surface area contributed by atoms with Gasteiger partial charge in [0.1, 0.15) is 5.69 Å². The molecule has 0 unspecified atom stereocenters. The Labute approximate surface area is 181 Å². The van der Waals surface area contributed by atoms with Crippen molar-refractivity contribution in [3.63, 3.8) is 0 Å². The first-order valence-electron chi connectivity index (χ1n) is 8.76. The van der Waals surface area contributed by atoms with E-state index in [1.807, 2.05) is 42.1 Å². The predicted molar refractivity (Wildman–Crippen MR) is 118 cm³/mol.